The summed E-state index contributed by atoms with van der Waals surface area (Å²) in [5.74, 6) is -1.11. The van der Waals surface area contributed by atoms with Crippen LogP contribution >= 0.6 is 0 Å². The molecule has 7 heteroatoms. The van der Waals surface area contributed by atoms with Gasteiger partial charge in [-0.1, -0.05) is 6.07 Å². The molecule has 0 aromatic heterocycles. The van der Waals surface area contributed by atoms with Gasteiger partial charge in [0.1, 0.15) is 0 Å². The minimum atomic E-state index is -0.859. The molecule has 1 aliphatic rings. The van der Waals surface area contributed by atoms with Gasteiger partial charge in [-0.15, -0.1) is 0 Å². The SMILES string of the molecule is COCC(CC(=O)O)c1ccc(N2CCOC(C)(C)C2)c(Nc2ccc(C#N)cc2)c1. The van der Waals surface area contributed by atoms with Gasteiger partial charge in [-0.25, -0.2) is 0 Å². The molecule has 1 saturated heterocycles. The lowest BCUT2D eigenvalue weighted by Gasteiger charge is -2.40. The van der Waals surface area contributed by atoms with E-state index < -0.39 is 5.97 Å². The molecular weight excluding hydrogens is 394 g/mol. The third-order valence-corrected chi connectivity index (χ3v) is 5.34. The Morgan fingerprint density at radius 1 is 1.32 bits per heavy atom. The first-order chi connectivity index (χ1) is 14.8. The fraction of sp³-hybridized carbons (Fsp3) is 0.417. The first-order valence-electron chi connectivity index (χ1n) is 10.3. The average Bonchev–Trinajstić information content (AvgIpc) is 2.73. The lowest BCUT2D eigenvalue weighted by Crippen LogP contribution is -2.48. The monoisotopic (exact) mass is 423 g/mol. The normalized spacial score (nSPS) is 16.4. The molecule has 0 bridgehead atoms. The van der Waals surface area contributed by atoms with Crippen molar-refractivity contribution in [1.29, 1.82) is 5.26 Å². The van der Waals surface area contributed by atoms with E-state index in [-0.39, 0.29) is 17.9 Å². The molecule has 2 N–H and O–H groups in total. The fourth-order valence-corrected chi connectivity index (χ4v) is 3.87. The van der Waals surface area contributed by atoms with Gasteiger partial charge in [-0.3, -0.25) is 4.79 Å². The largest absolute Gasteiger partial charge is 0.481 e. The molecule has 0 saturated carbocycles. The number of carboxylic acids is 1. The summed E-state index contributed by atoms with van der Waals surface area (Å²) in [6.45, 7) is 6.61. The number of carbonyl (C=O) groups is 1. The number of nitrogens with zero attached hydrogens (tertiary/aromatic N) is 2. The molecule has 1 aliphatic heterocycles. The number of benzene rings is 2. The van der Waals surface area contributed by atoms with Crippen LogP contribution in [-0.2, 0) is 14.3 Å². The number of nitriles is 1. The van der Waals surface area contributed by atoms with Crippen LogP contribution in [0.4, 0.5) is 17.1 Å². The Labute approximate surface area is 183 Å². The molecule has 3 rings (SSSR count). The van der Waals surface area contributed by atoms with Crippen LogP contribution < -0.4 is 10.2 Å². The number of anilines is 3. The summed E-state index contributed by atoms with van der Waals surface area (Å²) in [7, 11) is 1.58. The highest BCUT2D eigenvalue weighted by Crippen LogP contribution is 2.35. The maximum absolute atomic E-state index is 11.4. The van der Waals surface area contributed by atoms with Crippen molar-refractivity contribution in [3.05, 3.63) is 53.6 Å². The quantitative estimate of drug-likeness (QED) is 0.659. The molecule has 7 nitrogen and oxygen atoms in total. The molecule has 1 heterocycles. The van der Waals surface area contributed by atoms with Crippen molar-refractivity contribution in [3.8, 4) is 6.07 Å². The number of hydrogen-bond donors (Lipinski definition) is 2. The number of carboxylic acid groups (broad SMARTS) is 1. The van der Waals surface area contributed by atoms with E-state index in [1.54, 1.807) is 19.2 Å². The molecule has 2 aromatic carbocycles. The van der Waals surface area contributed by atoms with E-state index in [1.165, 1.54) is 0 Å². The molecule has 1 atom stereocenters. The van der Waals surface area contributed by atoms with E-state index in [0.29, 0.717) is 18.8 Å². The second kappa shape index (κ2) is 9.82. The molecule has 0 spiro atoms. The van der Waals surface area contributed by atoms with Crippen molar-refractivity contribution in [2.24, 2.45) is 0 Å². The Bertz CT molecular complexity index is 950. The zero-order valence-electron chi connectivity index (χ0n) is 18.2. The number of nitrogens with one attached hydrogen (secondary N) is 1. The Kier molecular flexibility index (Phi) is 7.16. The van der Waals surface area contributed by atoms with Gasteiger partial charge in [-0.2, -0.15) is 5.26 Å². The molecular formula is C24H29N3O4. The van der Waals surface area contributed by atoms with Crippen LogP contribution in [0.5, 0.6) is 0 Å². The predicted molar refractivity (Wildman–Crippen MR) is 120 cm³/mol. The molecule has 31 heavy (non-hydrogen) atoms. The zero-order valence-corrected chi connectivity index (χ0v) is 18.2. The minimum Gasteiger partial charge on any atom is -0.481 e. The molecule has 0 aliphatic carbocycles. The van der Waals surface area contributed by atoms with Crippen LogP contribution in [0.1, 0.15) is 37.3 Å². The topological polar surface area (TPSA) is 94.8 Å². The minimum absolute atomic E-state index is 0.00587. The van der Waals surface area contributed by atoms with E-state index in [9.17, 15) is 9.90 Å². The number of methoxy groups -OCH3 is 1. The summed E-state index contributed by atoms with van der Waals surface area (Å²) in [6.07, 6.45) is -0.00587. The van der Waals surface area contributed by atoms with E-state index in [4.69, 9.17) is 14.7 Å². The summed E-state index contributed by atoms with van der Waals surface area (Å²) < 4.78 is 11.1. The third-order valence-electron chi connectivity index (χ3n) is 5.34. The van der Waals surface area contributed by atoms with Crippen LogP contribution in [0.15, 0.2) is 42.5 Å². The second-order valence-electron chi connectivity index (χ2n) is 8.37. The molecule has 1 unspecified atom stereocenters. The summed E-state index contributed by atoms with van der Waals surface area (Å²) in [4.78, 5) is 13.6. The van der Waals surface area contributed by atoms with Gasteiger partial charge in [0.15, 0.2) is 0 Å². The molecule has 2 aromatic rings. The Hall–Kier alpha value is -3.08. The van der Waals surface area contributed by atoms with Gasteiger partial charge in [0.05, 0.1) is 48.2 Å². The molecule has 0 amide bonds. The highest BCUT2D eigenvalue weighted by molar-refractivity contribution is 5.77. The van der Waals surface area contributed by atoms with Crippen molar-refractivity contribution < 1.29 is 19.4 Å². The van der Waals surface area contributed by atoms with Gasteiger partial charge in [0.2, 0.25) is 0 Å². The molecule has 164 valence electrons. The van der Waals surface area contributed by atoms with Crippen molar-refractivity contribution in [3.63, 3.8) is 0 Å². The van der Waals surface area contributed by atoms with Crippen LogP contribution in [0.25, 0.3) is 0 Å². The first kappa shape index (κ1) is 22.6. The smallest absolute Gasteiger partial charge is 0.304 e. The van der Waals surface area contributed by atoms with Gasteiger partial charge in [-0.05, 0) is 55.8 Å². The maximum atomic E-state index is 11.4. The summed E-state index contributed by atoms with van der Waals surface area (Å²) in [6, 6.07) is 15.4. The van der Waals surface area contributed by atoms with Crippen LogP contribution in [0.3, 0.4) is 0 Å². The van der Waals surface area contributed by atoms with Crippen molar-refractivity contribution in [2.45, 2.75) is 31.8 Å². The summed E-state index contributed by atoms with van der Waals surface area (Å²) >= 11 is 0. The van der Waals surface area contributed by atoms with Gasteiger partial charge in [0.25, 0.3) is 0 Å². The van der Waals surface area contributed by atoms with E-state index in [1.807, 2.05) is 30.3 Å². The standard InChI is InChI=1S/C24H29N3O4/c1-24(2)16-27(10-11-31-24)22-9-6-18(19(15-30-3)13-23(28)29)12-21(22)26-20-7-4-17(14-25)5-8-20/h4-9,12,19,26H,10-11,13,15-16H2,1-3H3,(H,28,29). The second-order valence-corrected chi connectivity index (χ2v) is 8.37. The molecule has 1 fully saturated rings. The summed E-state index contributed by atoms with van der Waals surface area (Å²) in [5.41, 5.74) is 3.99. The van der Waals surface area contributed by atoms with Crippen LogP contribution in [0.2, 0.25) is 0 Å². The van der Waals surface area contributed by atoms with Crippen LogP contribution in [-0.4, -0.2) is 50.1 Å². The lowest BCUT2D eigenvalue weighted by molar-refractivity contribution is -0.137. The van der Waals surface area contributed by atoms with Gasteiger partial charge < -0.3 is 24.8 Å². The maximum Gasteiger partial charge on any atom is 0.304 e. The highest BCUT2D eigenvalue weighted by atomic mass is 16.5. The lowest BCUT2D eigenvalue weighted by atomic mass is 9.95. The van der Waals surface area contributed by atoms with E-state index in [0.717, 1.165) is 35.7 Å². The third kappa shape index (κ3) is 5.97. The average molecular weight is 424 g/mol. The van der Waals surface area contributed by atoms with Gasteiger partial charge in [0, 0.05) is 31.8 Å². The number of ether oxygens (including phenoxy) is 2. The Balaban J connectivity index is 1.98. The van der Waals surface area contributed by atoms with Crippen molar-refractivity contribution >= 4 is 23.0 Å². The summed E-state index contributed by atoms with van der Waals surface area (Å²) in [5, 5.41) is 21.8. The highest BCUT2D eigenvalue weighted by Gasteiger charge is 2.29. The van der Waals surface area contributed by atoms with Crippen molar-refractivity contribution in [2.75, 3.05) is 43.6 Å². The zero-order chi connectivity index (χ0) is 22.4. The van der Waals surface area contributed by atoms with Crippen molar-refractivity contribution in [1.82, 2.24) is 0 Å². The fourth-order valence-electron chi connectivity index (χ4n) is 3.87. The number of aliphatic carboxylic acids is 1. The number of rotatable bonds is 8. The van der Waals surface area contributed by atoms with Crippen LogP contribution in [0, 0.1) is 11.3 Å². The molecule has 0 radical (unpaired) electrons. The number of hydrogen-bond acceptors (Lipinski definition) is 6. The predicted octanol–water partition coefficient (Wildman–Crippen LogP) is 4.12. The Morgan fingerprint density at radius 3 is 2.68 bits per heavy atom. The Morgan fingerprint density at radius 2 is 2.06 bits per heavy atom. The van der Waals surface area contributed by atoms with Gasteiger partial charge >= 0.3 is 5.97 Å². The first-order valence-corrected chi connectivity index (χ1v) is 10.3. The number of morpholine rings is 1. The van der Waals surface area contributed by atoms with E-state index in [2.05, 4.69) is 30.1 Å². The van der Waals surface area contributed by atoms with E-state index >= 15 is 0 Å².